The van der Waals surface area contributed by atoms with E-state index in [0.717, 1.165) is 17.1 Å². The molecule has 126 valence electrons. The molecule has 6 nitrogen and oxygen atoms in total. The largest absolute Gasteiger partial charge is 0.496 e. The van der Waals surface area contributed by atoms with Crippen molar-refractivity contribution in [2.24, 2.45) is 0 Å². The van der Waals surface area contributed by atoms with Crippen LogP contribution in [-0.2, 0) is 6.54 Å². The number of hydrogen-bond acceptors (Lipinski definition) is 4. The van der Waals surface area contributed by atoms with E-state index >= 15 is 0 Å². The molecule has 2 amide bonds. The Morgan fingerprint density at radius 3 is 2.71 bits per heavy atom. The first-order valence-corrected chi connectivity index (χ1v) is 7.78. The molecule has 2 N–H and O–H groups in total. The van der Waals surface area contributed by atoms with E-state index in [2.05, 4.69) is 10.6 Å². The molecular formula is C18H20N2O4. The predicted molar refractivity (Wildman–Crippen MR) is 89.6 cm³/mol. The van der Waals surface area contributed by atoms with E-state index in [1.54, 1.807) is 7.11 Å². The fraction of sp³-hybridized carbons (Fsp3) is 0.278. The van der Waals surface area contributed by atoms with Gasteiger partial charge in [-0.2, -0.15) is 0 Å². The van der Waals surface area contributed by atoms with Crippen molar-refractivity contribution in [2.45, 2.75) is 12.6 Å². The number of benzene rings is 2. The Bertz CT molecular complexity index is 705. The Balaban J connectivity index is 1.45. The highest BCUT2D eigenvalue weighted by atomic mass is 16.6. The van der Waals surface area contributed by atoms with Gasteiger partial charge in [-0.3, -0.25) is 0 Å². The van der Waals surface area contributed by atoms with Crippen LogP contribution in [0.2, 0.25) is 0 Å². The molecule has 1 aliphatic heterocycles. The fourth-order valence-electron chi connectivity index (χ4n) is 2.46. The van der Waals surface area contributed by atoms with Crippen molar-refractivity contribution in [3.05, 3.63) is 54.1 Å². The van der Waals surface area contributed by atoms with E-state index in [0.29, 0.717) is 25.4 Å². The maximum absolute atomic E-state index is 11.9. The van der Waals surface area contributed by atoms with Crippen molar-refractivity contribution < 1.29 is 19.0 Å². The lowest BCUT2D eigenvalue weighted by Gasteiger charge is -2.26. The summed E-state index contributed by atoms with van der Waals surface area (Å²) in [5.74, 6) is 2.18. The molecular weight excluding hydrogens is 308 g/mol. The van der Waals surface area contributed by atoms with Crippen molar-refractivity contribution in [1.29, 1.82) is 0 Å². The number of methoxy groups -OCH3 is 1. The molecule has 0 saturated carbocycles. The minimum absolute atomic E-state index is 0.211. The van der Waals surface area contributed by atoms with E-state index in [4.69, 9.17) is 14.2 Å². The molecule has 1 aliphatic rings. The molecule has 3 rings (SSSR count). The number of para-hydroxylation sites is 3. The molecule has 0 unspecified atom stereocenters. The molecule has 2 aromatic carbocycles. The van der Waals surface area contributed by atoms with E-state index < -0.39 is 0 Å². The minimum atomic E-state index is -0.261. The van der Waals surface area contributed by atoms with Crippen LogP contribution < -0.4 is 24.8 Å². The van der Waals surface area contributed by atoms with Gasteiger partial charge in [0, 0.05) is 12.1 Å². The van der Waals surface area contributed by atoms with Crippen LogP contribution in [0.25, 0.3) is 0 Å². The molecule has 0 bridgehead atoms. The van der Waals surface area contributed by atoms with Crippen molar-refractivity contribution in [1.82, 2.24) is 10.6 Å². The van der Waals surface area contributed by atoms with Gasteiger partial charge in [0.25, 0.3) is 0 Å². The predicted octanol–water partition coefficient (Wildman–Crippen LogP) is 2.33. The number of carbonyl (C=O) groups excluding carboxylic acids is 1. The molecule has 1 heterocycles. The summed E-state index contributed by atoms with van der Waals surface area (Å²) in [6, 6.07) is 14.8. The van der Waals surface area contributed by atoms with E-state index in [1.165, 1.54) is 0 Å². The smallest absolute Gasteiger partial charge is 0.315 e. The van der Waals surface area contributed by atoms with Crippen molar-refractivity contribution >= 4 is 6.03 Å². The second-order valence-corrected chi connectivity index (χ2v) is 5.37. The van der Waals surface area contributed by atoms with Crippen LogP contribution in [0, 0.1) is 0 Å². The van der Waals surface area contributed by atoms with Gasteiger partial charge in [0.05, 0.1) is 13.7 Å². The Kier molecular flexibility index (Phi) is 5.05. The SMILES string of the molecule is COc1ccccc1CNC(=O)NC[C@H]1COc2ccccc2O1. The molecule has 0 spiro atoms. The average molecular weight is 328 g/mol. The molecule has 0 aliphatic carbocycles. The fourth-order valence-corrected chi connectivity index (χ4v) is 2.46. The second kappa shape index (κ2) is 7.59. The Labute approximate surface area is 140 Å². The van der Waals surface area contributed by atoms with E-state index in [9.17, 15) is 4.79 Å². The van der Waals surface area contributed by atoms with E-state index in [-0.39, 0.29) is 12.1 Å². The third kappa shape index (κ3) is 3.90. The molecule has 1 atom stereocenters. The van der Waals surface area contributed by atoms with Crippen LogP contribution in [0.15, 0.2) is 48.5 Å². The normalized spacial score (nSPS) is 15.5. The average Bonchev–Trinajstić information content (AvgIpc) is 2.64. The minimum Gasteiger partial charge on any atom is -0.496 e. The van der Waals surface area contributed by atoms with Crippen LogP contribution in [0.3, 0.4) is 0 Å². The Morgan fingerprint density at radius 2 is 1.88 bits per heavy atom. The summed E-state index contributed by atoms with van der Waals surface area (Å²) in [5, 5.41) is 5.60. The summed E-state index contributed by atoms with van der Waals surface area (Å²) in [7, 11) is 1.61. The van der Waals surface area contributed by atoms with Crippen LogP contribution in [0.1, 0.15) is 5.56 Å². The summed E-state index contributed by atoms with van der Waals surface area (Å²) < 4.78 is 16.7. The van der Waals surface area contributed by atoms with Gasteiger partial charge >= 0.3 is 6.03 Å². The highest BCUT2D eigenvalue weighted by Crippen LogP contribution is 2.30. The van der Waals surface area contributed by atoms with Crippen molar-refractivity contribution in [3.63, 3.8) is 0 Å². The molecule has 6 heteroatoms. The number of nitrogens with one attached hydrogen (secondary N) is 2. The molecule has 0 saturated heterocycles. The zero-order chi connectivity index (χ0) is 16.8. The maximum atomic E-state index is 11.9. The number of rotatable bonds is 5. The lowest BCUT2D eigenvalue weighted by atomic mass is 10.2. The third-order valence-corrected chi connectivity index (χ3v) is 3.69. The quantitative estimate of drug-likeness (QED) is 0.884. The van der Waals surface area contributed by atoms with Crippen LogP contribution in [-0.4, -0.2) is 32.4 Å². The monoisotopic (exact) mass is 328 g/mol. The first-order valence-electron chi connectivity index (χ1n) is 7.78. The van der Waals surface area contributed by atoms with Gasteiger partial charge in [-0.25, -0.2) is 4.79 Å². The maximum Gasteiger partial charge on any atom is 0.315 e. The van der Waals surface area contributed by atoms with Gasteiger partial charge in [-0.1, -0.05) is 30.3 Å². The molecule has 24 heavy (non-hydrogen) atoms. The van der Waals surface area contributed by atoms with Gasteiger partial charge in [0.15, 0.2) is 17.6 Å². The van der Waals surface area contributed by atoms with Crippen molar-refractivity contribution in [2.75, 3.05) is 20.3 Å². The van der Waals surface area contributed by atoms with Crippen molar-refractivity contribution in [3.8, 4) is 17.2 Å². The van der Waals surface area contributed by atoms with Gasteiger partial charge in [0.2, 0.25) is 0 Å². The number of hydrogen-bond donors (Lipinski definition) is 2. The molecule has 0 radical (unpaired) electrons. The second-order valence-electron chi connectivity index (χ2n) is 5.37. The summed E-state index contributed by atoms with van der Waals surface area (Å²) >= 11 is 0. The van der Waals surface area contributed by atoms with Crippen LogP contribution in [0.4, 0.5) is 4.79 Å². The first-order chi connectivity index (χ1) is 11.8. The number of carbonyl (C=O) groups is 1. The number of amides is 2. The Morgan fingerprint density at radius 1 is 1.12 bits per heavy atom. The Hall–Kier alpha value is -2.89. The van der Waals surface area contributed by atoms with Gasteiger partial charge in [0.1, 0.15) is 12.4 Å². The number of fused-ring (bicyclic) bond motifs is 1. The van der Waals surface area contributed by atoms with Gasteiger partial charge in [-0.05, 0) is 18.2 Å². The topological polar surface area (TPSA) is 68.8 Å². The first kappa shape index (κ1) is 16.0. The standard InChI is InChI=1S/C18H20N2O4/c1-22-15-7-3-2-6-13(15)10-19-18(21)20-11-14-12-23-16-8-4-5-9-17(16)24-14/h2-9,14H,10-12H2,1H3,(H2,19,20,21)/t14-/m0/s1. The summed E-state index contributed by atoms with van der Waals surface area (Å²) in [6.45, 7) is 1.16. The van der Waals surface area contributed by atoms with Crippen LogP contribution in [0.5, 0.6) is 17.2 Å². The van der Waals surface area contributed by atoms with Crippen LogP contribution >= 0.6 is 0 Å². The molecule has 2 aromatic rings. The third-order valence-electron chi connectivity index (χ3n) is 3.69. The lowest BCUT2D eigenvalue weighted by Crippen LogP contribution is -2.44. The highest BCUT2D eigenvalue weighted by Gasteiger charge is 2.20. The van der Waals surface area contributed by atoms with E-state index in [1.807, 2.05) is 48.5 Å². The molecule has 0 fully saturated rings. The number of ether oxygens (including phenoxy) is 3. The zero-order valence-electron chi connectivity index (χ0n) is 13.5. The summed E-state index contributed by atoms with van der Waals surface area (Å²) in [6.07, 6.45) is -0.211. The van der Waals surface area contributed by atoms with Gasteiger partial charge < -0.3 is 24.8 Å². The zero-order valence-corrected chi connectivity index (χ0v) is 13.5. The summed E-state index contributed by atoms with van der Waals surface area (Å²) in [4.78, 5) is 11.9. The molecule has 0 aromatic heterocycles. The number of urea groups is 1. The highest BCUT2D eigenvalue weighted by molar-refractivity contribution is 5.73. The summed E-state index contributed by atoms with van der Waals surface area (Å²) in [5.41, 5.74) is 0.918. The van der Waals surface area contributed by atoms with Gasteiger partial charge in [-0.15, -0.1) is 0 Å². The lowest BCUT2D eigenvalue weighted by molar-refractivity contribution is 0.0918.